The Labute approximate surface area is 140 Å². The summed E-state index contributed by atoms with van der Waals surface area (Å²) in [6.07, 6.45) is -5.90. The Morgan fingerprint density at radius 3 is 2.38 bits per heavy atom. The van der Waals surface area contributed by atoms with E-state index in [1.54, 1.807) is 18.2 Å². The number of hydrogen-bond donors (Lipinski definition) is 4. The van der Waals surface area contributed by atoms with Crippen molar-refractivity contribution in [1.29, 1.82) is 0 Å². The van der Waals surface area contributed by atoms with Crippen LogP contribution in [0.1, 0.15) is 23.7 Å². The fraction of sp³-hybridized carbons (Fsp3) is 0.533. The van der Waals surface area contributed by atoms with Crippen LogP contribution in [0.4, 0.5) is 0 Å². The lowest BCUT2D eigenvalue weighted by Gasteiger charge is -2.39. The highest BCUT2D eigenvalue weighted by molar-refractivity contribution is 7.90. The number of hydrogen-bond acceptors (Lipinski definition) is 7. The van der Waals surface area contributed by atoms with E-state index in [4.69, 9.17) is 4.74 Å². The van der Waals surface area contributed by atoms with Crippen molar-refractivity contribution < 1.29 is 33.3 Å². The van der Waals surface area contributed by atoms with Gasteiger partial charge in [-0.1, -0.05) is 18.2 Å². The Kier molecular flexibility index (Phi) is 5.94. The Bertz CT molecular complexity index is 664. The van der Waals surface area contributed by atoms with Gasteiger partial charge in [0.1, 0.15) is 18.3 Å². The molecule has 1 aromatic carbocycles. The van der Waals surface area contributed by atoms with Gasteiger partial charge in [-0.15, -0.1) is 0 Å². The Morgan fingerprint density at radius 2 is 1.75 bits per heavy atom. The van der Waals surface area contributed by atoms with E-state index >= 15 is 0 Å². The number of amides is 1. The van der Waals surface area contributed by atoms with E-state index in [1.807, 2.05) is 4.72 Å². The lowest BCUT2D eigenvalue weighted by atomic mass is 9.94. The van der Waals surface area contributed by atoms with Crippen molar-refractivity contribution in [2.45, 2.75) is 43.9 Å². The largest absolute Gasteiger partial charge is 0.388 e. The van der Waals surface area contributed by atoms with E-state index in [0.717, 1.165) is 0 Å². The second-order valence-electron chi connectivity index (χ2n) is 5.76. The van der Waals surface area contributed by atoms with Gasteiger partial charge in [-0.05, 0) is 25.5 Å². The molecule has 4 N–H and O–H groups in total. The number of aliphatic hydroxyl groups is 3. The quantitative estimate of drug-likeness (QED) is 0.530. The number of carbonyl (C=O) groups excluding carboxylic acids is 1. The van der Waals surface area contributed by atoms with E-state index in [-0.39, 0.29) is 12.0 Å². The summed E-state index contributed by atoms with van der Waals surface area (Å²) >= 11 is 0. The summed E-state index contributed by atoms with van der Waals surface area (Å²) in [5.74, 6) is -1.22. The minimum Gasteiger partial charge on any atom is -0.388 e. The molecule has 2 rings (SSSR count). The number of aliphatic hydroxyl groups excluding tert-OH is 3. The lowest BCUT2D eigenvalue weighted by molar-refractivity contribution is -0.217. The maximum atomic E-state index is 12.0. The monoisotopic (exact) mass is 359 g/mol. The van der Waals surface area contributed by atoms with Crippen LogP contribution >= 0.6 is 0 Å². The molecule has 1 fully saturated rings. The molecule has 24 heavy (non-hydrogen) atoms. The molecule has 2 unspecified atom stereocenters. The van der Waals surface area contributed by atoms with Gasteiger partial charge in [0.25, 0.3) is 5.91 Å². The average Bonchev–Trinajstić information content (AvgIpc) is 2.55. The van der Waals surface area contributed by atoms with Crippen molar-refractivity contribution in [1.82, 2.24) is 4.72 Å². The number of sulfonamides is 1. The van der Waals surface area contributed by atoms with Crippen molar-refractivity contribution in [3.05, 3.63) is 35.9 Å². The zero-order valence-electron chi connectivity index (χ0n) is 13.1. The molecule has 0 radical (unpaired) electrons. The fourth-order valence-electron chi connectivity index (χ4n) is 2.49. The molecule has 1 amide bonds. The van der Waals surface area contributed by atoms with E-state index in [2.05, 4.69) is 0 Å². The summed E-state index contributed by atoms with van der Waals surface area (Å²) in [6.45, 7) is 1.51. The number of benzene rings is 1. The van der Waals surface area contributed by atoms with Crippen LogP contribution in [0.25, 0.3) is 0 Å². The van der Waals surface area contributed by atoms with Crippen LogP contribution in [-0.4, -0.2) is 65.9 Å². The van der Waals surface area contributed by atoms with Crippen molar-refractivity contribution >= 4 is 15.9 Å². The molecule has 5 atom stereocenters. The molecular weight excluding hydrogens is 338 g/mol. The van der Waals surface area contributed by atoms with Crippen molar-refractivity contribution in [2.75, 3.05) is 5.75 Å². The molecule has 0 saturated carbocycles. The molecule has 0 bridgehead atoms. The Balaban J connectivity index is 1.94. The zero-order chi connectivity index (χ0) is 17.9. The molecule has 1 aliphatic rings. The van der Waals surface area contributed by atoms with Gasteiger partial charge in [0.2, 0.25) is 10.0 Å². The fourth-order valence-corrected chi connectivity index (χ4v) is 3.53. The van der Waals surface area contributed by atoms with Gasteiger partial charge in [0.05, 0.1) is 18.0 Å². The lowest BCUT2D eigenvalue weighted by Crippen LogP contribution is -2.56. The first-order valence-electron chi connectivity index (χ1n) is 7.51. The molecular formula is C15H21NO7S. The smallest absolute Gasteiger partial charge is 0.264 e. The van der Waals surface area contributed by atoms with Crippen LogP contribution in [0.5, 0.6) is 0 Å². The second-order valence-corrected chi connectivity index (χ2v) is 7.60. The average molecular weight is 359 g/mol. The maximum Gasteiger partial charge on any atom is 0.264 e. The highest BCUT2D eigenvalue weighted by Crippen LogP contribution is 2.23. The van der Waals surface area contributed by atoms with Crippen LogP contribution in [0, 0.1) is 0 Å². The molecule has 1 aromatic rings. The van der Waals surface area contributed by atoms with Crippen molar-refractivity contribution in [3.8, 4) is 0 Å². The normalized spacial score (nSPS) is 30.8. The van der Waals surface area contributed by atoms with Crippen LogP contribution in [0.15, 0.2) is 30.3 Å². The summed E-state index contributed by atoms with van der Waals surface area (Å²) in [5, 5.41) is 29.2. The highest BCUT2D eigenvalue weighted by atomic mass is 32.2. The van der Waals surface area contributed by atoms with Crippen molar-refractivity contribution in [2.24, 2.45) is 0 Å². The van der Waals surface area contributed by atoms with Crippen LogP contribution in [0.2, 0.25) is 0 Å². The number of nitrogens with one attached hydrogen (secondary N) is 1. The molecule has 134 valence electrons. The highest BCUT2D eigenvalue weighted by Gasteiger charge is 2.41. The third-order valence-electron chi connectivity index (χ3n) is 3.91. The van der Waals surface area contributed by atoms with E-state index < -0.39 is 52.2 Å². The van der Waals surface area contributed by atoms with Crippen LogP contribution in [0.3, 0.4) is 0 Å². The third-order valence-corrected chi connectivity index (χ3v) is 5.18. The first-order chi connectivity index (χ1) is 11.2. The summed E-state index contributed by atoms with van der Waals surface area (Å²) in [6, 6.07) is 7.90. The molecule has 0 aromatic heterocycles. The van der Waals surface area contributed by atoms with Crippen LogP contribution < -0.4 is 4.72 Å². The minimum atomic E-state index is -3.94. The van der Waals surface area contributed by atoms with Gasteiger partial charge in [-0.2, -0.15) is 0 Å². The Hall–Kier alpha value is -1.52. The van der Waals surface area contributed by atoms with E-state index in [0.29, 0.717) is 0 Å². The second kappa shape index (κ2) is 7.58. The molecule has 9 heteroatoms. The predicted octanol–water partition coefficient (Wildman–Crippen LogP) is -0.994. The SMILES string of the molecule is CC1OC(CCS(=O)(=O)NC(=O)c2ccccc2)[C@@H](O)[C@H](O)[C@@H]1O. The van der Waals surface area contributed by atoms with Gasteiger partial charge >= 0.3 is 0 Å². The van der Waals surface area contributed by atoms with Gasteiger partial charge in [0.15, 0.2) is 0 Å². The van der Waals surface area contributed by atoms with Crippen molar-refractivity contribution in [3.63, 3.8) is 0 Å². The molecule has 0 aliphatic carbocycles. The number of rotatable bonds is 5. The summed E-state index contributed by atoms with van der Waals surface area (Å²) in [4.78, 5) is 11.9. The standard InChI is InChI=1S/C15H21NO7S/c1-9-12(17)14(19)13(18)11(23-9)7-8-24(21,22)16-15(20)10-5-3-2-4-6-10/h2-6,9,11-14,17-19H,7-8H2,1H3,(H,16,20)/t9?,11?,12-,13-,14-/m1/s1. The molecule has 1 heterocycles. The molecule has 0 spiro atoms. The molecule has 8 nitrogen and oxygen atoms in total. The summed E-state index contributed by atoms with van der Waals surface area (Å²) in [7, 11) is -3.94. The number of carbonyl (C=O) groups is 1. The third kappa shape index (κ3) is 4.52. The zero-order valence-corrected chi connectivity index (χ0v) is 13.9. The van der Waals surface area contributed by atoms with Crippen LogP contribution in [-0.2, 0) is 14.8 Å². The topological polar surface area (TPSA) is 133 Å². The summed E-state index contributed by atoms with van der Waals surface area (Å²) in [5.41, 5.74) is 0.210. The molecule has 1 saturated heterocycles. The first-order valence-corrected chi connectivity index (χ1v) is 9.16. The maximum absolute atomic E-state index is 12.0. The number of ether oxygens (including phenoxy) is 1. The Morgan fingerprint density at radius 1 is 1.12 bits per heavy atom. The van der Waals surface area contributed by atoms with Gasteiger partial charge in [0, 0.05) is 5.56 Å². The van der Waals surface area contributed by atoms with Gasteiger partial charge < -0.3 is 20.1 Å². The minimum absolute atomic E-state index is 0.132. The van der Waals surface area contributed by atoms with Gasteiger partial charge in [-0.3, -0.25) is 4.79 Å². The first kappa shape index (κ1) is 18.8. The molecule has 1 aliphatic heterocycles. The van der Waals surface area contributed by atoms with E-state index in [9.17, 15) is 28.5 Å². The van der Waals surface area contributed by atoms with E-state index in [1.165, 1.54) is 19.1 Å². The summed E-state index contributed by atoms with van der Waals surface area (Å²) < 4.78 is 31.3. The predicted molar refractivity (Wildman–Crippen MR) is 84.7 cm³/mol. The van der Waals surface area contributed by atoms with Gasteiger partial charge in [-0.25, -0.2) is 13.1 Å².